The molecule has 0 aliphatic rings. The average Bonchev–Trinajstić information content (AvgIpc) is 2.64. The van der Waals surface area contributed by atoms with Crippen molar-refractivity contribution in [1.82, 2.24) is 9.97 Å². The molecule has 0 spiro atoms. The highest BCUT2D eigenvalue weighted by Gasteiger charge is 2.08. The Kier molecular flexibility index (Phi) is 6.28. The molecule has 0 bridgehead atoms. The second kappa shape index (κ2) is 8.87. The number of amides is 2. The van der Waals surface area contributed by atoms with E-state index in [1.807, 2.05) is 42.5 Å². The number of aromatic nitrogens is 2. The molecule has 0 fully saturated rings. The summed E-state index contributed by atoms with van der Waals surface area (Å²) in [5.74, 6) is 0.782. The number of anilines is 3. The molecule has 0 radical (unpaired) electrons. The van der Waals surface area contributed by atoms with Crippen molar-refractivity contribution in [3.05, 3.63) is 54.2 Å². The van der Waals surface area contributed by atoms with Gasteiger partial charge in [0.1, 0.15) is 15.7 Å². The number of rotatable bonds is 7. The fourth-order valence-electron chi connectivity index (χ4n) is 2.80. The minimum atomic E-state index is -2.99. The molecule has 9 heteroatoms. The van der Waals surface area contributed by atoms with Crippen LogP contribution >= 0.6 is 0 Å². The fraction of sp³-hybridized carbons (Fsp3) is 0.250. The highest BCUT2D eigenvalue weighted by molar-refractivity contribution is 7.90. The second-order valence-electron chi connectivity index (χ2n) is 6.77. The molecule has 0 aliphatic carbocycles. The summed E-state index contributed by atoms with van der Waals surface area (Å²) < 4.78 is 22.4. The van der Waals surface area contributed by atoms with Crippen LogP contribution in [0.1, 0.15) is 12.1 Å². The maximum Gasteiger partial charge on any atom is 0.326 e. The standard InChI is InChI=1S/C20H23N5O3S/c1-14-12-18(21-10-5-11-29(2,27)28)24-19(22-14)25-20(26)23-17-9-8-15-6-3-4-7-16(15)13-17/h3-4,6-9,12-13H,5,10-11H2,1-2H3,(H3,21,22,23,24,25,26). The molecule has 1 heterocycles. The number of carbonyl (C=O) groups is 1. The van der Waals surface area contributed by atoms with Crippen molar-refractivity contribution in [2.24, 2.45) is 0 Å². The van der Waals surface area contributed by atoms with Gasteiger partial charge in [0.05, 0.1) is 5.75 Å². The van der Waals surface area contributed by atoms with Crippen LogP contribution in [0.4, 0.5) is 22.2 Å². The molecule has 2 aromatic carbocycles. The predicted octanol–water partition coefficient (Wildman–Crippen LogP) is 3.43. The molecule has 8 nitrogen and oxygen atoms in total. The van der Waals surface area contributed by atoms with Crippen LogP contribution < -0.4 is 16.0 Å². The van der Waals surface area contributed by atoms with E-state index in [1.165, 1.54) is 6.26 Å². The van der Waals surface area contributed by atoms with E-state index in [0.29, 0.717) is 30.2 Å². The Morgan fingerprint density at radius 3 is 2.52 bits per heavy atom. The van der Waals surface area contributed by atoms with Gasteiger partial charge in [-0.25, -0.2) is 18.2 Å². The van der Waals surface area contributed by atoms with E-state index in [-0.39, 0.29) is 11.7 Å². The second-order valence-corrected chi connectivity index (χ2v) is 9.03. The van der Waals surface area contributed by atoms with E-state index in [0.717, 1.165) is 10.8 Å². The van der Waals surface area contributed by atoms with Gasteiger partial charge in [-0.15, -0.1) is 0 Å². The predicted molar refractivity (Wildman–Crippen MR) is 116 cm³/mol. The Bertz CT molecular complexity index is 1130. The number of carbonyl (C=O) groups excluding carboxylic acids is 1. The van der Waals surface area contributed by atoms with Gasteiger partial charge >= 0.3 is 6.03 Å². The molecular weight excluding hydrogens is 390 g/mol. The zero-order chi connectivity index (χ0) is 20.9. The van der Waals surface area contributed by atoms with Gasteiger partial charge in [-0.3, -0.25) is 5.32 Å². The summed E-state index contributed by atoms with van der Waals surface area (Å²) in [4.78, 5) is 20.8. The molecule has 2 amide bonds. The smallest absolute Gasteiger partial charge is 0.326 e. The average molecular weight is 414 g/mol. The van der Waals surface area contributed by atoms with Crippen molar-refractivity contribution in [2.75, 3.05) is 34.5 Å². The van der Waals surface area contributed by atoms with Crippen LogP contribution in [-0.2, 0) is 9.84 Å². The van der Waals surface area contributed by atoms with Gasteiger partial charge in [-0.2, -0.15) is 4.98 Å². The lowest BCUT2D eigenvalue weighted by Crippen LogP contribution is -2.21. The van der Waals surface area contributed by atoms with Crippen LogP contribution in [-0.4, -0.2) is 43.0 Å². The summed E-state index contributed by atoms with van der Waals surface area (Å²) >= 11 is 0. The molecule has 0 aliphatic heterocycles. The van der Waals surface area contributed by atoms with Gasteiger partial charge < -0.3 is 10.6 Å². The lowest BCUT2D eigenvalue weighted by molar-refractivity contribution is 0.262. The highest BCUT2D eigenvalue weighted by atomic mass is 32.2. The van der Waals surface area contributed by atoms with Crippen molar-refractivity contribution in [3.8, 4) is 0 Å². The van der Waals surface area contributed by atoms with Gasteiger partial charge in [-0.1, -0.05) is 30.3 Å². The van der Waals surface area contributed by atoms with Gasteiger partial charge in [0.15, 0.2) is 0 Å². The monoisotopic (exact) mass is 413 g/mol. The van der Waals surface area contributed by atoms with E-state index in [1.54, 1.807) is 13.0 Å². The van der Waals surface area contributed by atoms with Crippen LogP contribution in [0.15, 0.2) is 48.5 Å². The molecule has 1 aromatic heterocycles. The lowest BCUT2D eigenvalue weighted by atomic mass is 10.1. The molecule has 0 saturated carbocycles. The fourth-order valence-corrected chi connectivity index (χ4v) is 3.47. The number of benzene rings is 2. The summed E-state index contributed by atoms with van der Waals surface area (Å²) in [7, 11) is -2.99. The largest absolute Gasteiger partial charge is 0.370 e. The van der Waals surface area contributed by atoms with Crippen LogP contribution in [0.5, 0.6) is 0 Å². The number of urea groups is 1. The molecule has 152 valence electrons. The van der Waals surface area contributed by atoms with Crippen LogP contribution in [0, 0.1) is 6.92 Å². The minimum Gasteiger partial charge on any atom is -0.370 e. The van der Waals surface area contributed by atoms with Gasteiger partial charge in [-0.05, 0) is 36.2 Å². The summed E-state index contributed by atoms with van der Waals surface area (Å²) in [6.45, 7) is 2.24. The third kappa shape index (κ3) is 6.42. The Balaban J connectivity index is 1.61. The number of aryl methyl sites for hydroxylation is 1. The molecule has 0 unspecified atom stereocenters. The van der Waals surface area contributed by atoms with Crippen molar-refractivity contribution >= 4 is 44.1 Å². The van der Waals surface area contributed by atoms with Gasteiger partial charge in [0.2, 0.25) is 5.95 Å². The van der Waals surface area contributed by atoms with Gasteiger partial charge in [0.25, 0.3) is 0 Å². The number of nitrogens with zero attached hydrogens (tertiary/aromatic N) is 2. The number of hydrogen-bond acceptors (Lipinski definition) is 6. The van der Waals surface area contributed by atoms with Crippen molar-refractivity contribution in [2.45, 2.75) is 13.3 Å². The molecular formula is C20H23N5O3S. The maximum atomic E-state index is 12.3. The highest BCUT2D eigenvalue weighted by Crippen LogP contribution is 2.19. The SMILES string of the molecule is Cc1cc(NCCCS(C)(=O)=O)nc(NC(=O)Nc2ccc3ccccc3c2)n1. The first kappa shape index (κ1) is 20.5. The topological polar surface area (TPSA) is 113 Å². The zero-order valence-corrected chi connectivity index (χ0v) is 17.1. The number of fused-ring (bicyclic) bond motifs is 1. The Hall–Kier alpha value is -3.20. The first-order valence-electron chi connectivity index (χ1n) is 9.13. The van der Waals surface area contributed by atoms with E-state index >= 15 is 0 Å². The Morgan fingerprint density at radius 2 is 1.76 bits per heavy atom. The maximum absolute atomic E-state index is 12.3. The summed E-state index contributed by atoms with van der Waals surface area (Å²) in [5, 5.41) is 10.6. The third-order valence-electron chi connectivity index (χ3n) is 4.08. The van der Waals surface area contributed by atoms with Crippen LogP contribution in [0.2, 0.25) is 0 Å². The Labute approximate surface area is 169 Å². The Morgan fingerprint density at radius 1 is 1.00 bits per heavy atom. The molecule has 29 heavy (non-hydrogen) atoms. The minimum absolute atomic E-state index is 0.101. The normalized spacial score (nSPS) is 11.2. The van der Waals surface area contributed by atoms with E-state index in [2.05, 4.69) is 25.9 Å². The van der Waals surface area contributed by atoms with Gasteiger partial charge in [0, 0.05) is 30.2 Å². The van der Waals surface area contributed by atoms with Crippen LogP contribution in [0.25, 0.3) is 10.8 Å². The number of nitrogens with one attached hydrogen (secondary N) is 3. The lowest BCUT2D eigenvalue weighted by Gasteiger charge is -2.10. The first-order valence-corrected chi connectivity index (χ1v) is 11.2. The third-order valence-corrected chi connectivity index (χ3v) is 5.12. The molecule has 0 saturated heterocycles. The summed E-state index contributed by atoms with van der Waals surface area (Å²) in [6.07, 6.45) is 1.67. The van der Waals surface area contributed by atoms with E-state index in [4.69, 9.17) is 0 Å². The number of hydrogen-bond donors (Lipinski definition) is 3. The van der Waals surface area contributed by atoms with Crippen molar-refractivity contribution in [1.29, 1.82) is 0 Å². The summed E-state index contributed by atoms with van der Waals surface area (Å²) in [5.41, 5.74) is 1.33. The quantitative estimate of drug-likeness (QED) is 0.512. The van der Waals surface area contributed by atoms with E-state index < -0.39 is 15.9 Å². The molecule has 3 rings (SSSR count). The molecule has 3 N–H and O–H groups in total. The summed E-state index contributed by atoms with van der Waals surface area (Å²) in [6, 6.07) is 14.8. The number of sulfone groups is 1. The van der Waals surface area contributed by atoms with Crippen molar-refractivity contribution in [3.63, 3.8) is 0 Å². The molecule has 0 atom stereocenters. The first-order chi connectivity index (χ1) is 13.8. The van der Waals surface area contributed by atoms with Crippen LogP contribution in [0.3, 0.4) is 0 Å². The van der Waals surface area contributed by atoms with E-state index in [9.17, 15) is 13.2 Å². The zero-order valence-electron chi connectivity index (χ0n) is 16.3. The van der Waals surface area contributed by atoms with Crippen molar-refractivity contribution < 1.29 is 13.2 Å². The molecule has 3 aromatic rings.